The van der Waals surface area contributed by atoms with Crippen LogP contribution in [0.4, 0.5) is 0 Å². The lowest BCUT2D eigenvalue weighted by Gasteiger charge is -2.07. The van der Waals surface area contributed by atoms with Crippen molar-refractivity contribution in [1.29, 1.82) is 0 Å². The van der Waals surface area contributed by atoms with Crippen molar-refractivity contribution in [2.45, 2.75) is 0 Å². The molecule has 0 saturated carbocycles. The van der Waals surface area contributed by atoms with E-state index in [1.54, 1.807) is 24.2 Å². The second-order valence-electron chi connectivity index (χ2n) is 3.00. The van der Waals surface area contributed by atoms with Crippen molar-refractivity contribution in [2.24, 2.45) is 0 Å². The molecule has 0 N–H and O–H groups in total. The van der Waals surface area contributed by atoms with E-state index in [9.17, 15) is 4.79 Å². The van der Waals surface area contributed by atoms with E-state index in [2.05, 4.69) is 4.98 Å². The molecule has 2 rings (SSSR count). The molecule has 0 radical (unpaired) electrons. The van der Waals surface area contributed by atoms with E-state index in [-0.39, 0.29) is 0 Å². The molecule has 4 heteroatoms. The molecule has 0 amide bonds. The largest absolute Gasteiger partial charge is 0.495 e. The van der Waals surface area contributed by atoms with Gasteiger partial charge in [0, 0.05) is 6.20 Å². The van der Waals surface area contributed by atoms with Crippen LogP contribution in [-0.2, 0) is 0 Å². The minimum Gasteiger partial charge on any atom is -0.495 e. The van der Waals surface area contributed by atoms with Crippen LogP contribution in [0.25, 0.3) is 5.69 Å². The zero-order chi connectivity index (χ0) is 10.7. The highest BCUT2D eigenvalue weighted by Gasteiger charge is 2.04. The van der Waals surface area contributed by atoms with E-state index < -0.39 is 0 Å². The minimum absolute atomic E-state index is 0.404. The molecule has 76 valence electrons. The molecule has 4 nitrogen and oxygen atoms in total. The number of rotatable bonds is 3. The van der Waals surface area contributed by atoms with Crippen molar-refractivity contribution in [3.8, 4) is 11.4 Å². The minimum atomic E-state index is 0.404. The van der Waals surface area contributed by atoms with Gasteiger partial charge >= 0.3 is 0 Å². The summed E-state index contributed by atoms with van der Waals surface area (Å²) in [6.45, 7) is 0. The summed E-state index contributed by atoms with van der Waals surface area (Å²) in [6.07, 6.45) is 3.96. The van der Waals surface area contributed by atoms with Gasteiger partial charge in [0.25, 0.3) is 0 Å². The normalized spacial score (nSPS) is 9.93. The number of aromatic nitrogens is 2. The fourth-order valence-corrected chi connectivity index (χ4v) is 1.37. The lowest BCUT2D eigenvalue weighted by molar-refractivity contribution is 0.111. The topological polar surface area (TPSA) is 44.1 Å². The number of methoxy groups -OCH3 is 1. The Balaban J connectivity index is 2.48. The molecule has 0 bridgehead atoms. The Morgan fingerprint density at radius 3 is 2.87 bits per heavy atom. The molecule has 15 heavy (non-hydrogen) atoms. The first-order valence-electron chi connectivity index (χ1n) is 4.47. The van der Waals surface area contributed by atoms with Gasteiger partial charge in [-0.1, -0.05) is 12.1 Å². The molecule has 0 fully saturated rings. The van der Waals surface area contributed by atoms with Crippen LogP contribution < -0.4 is 4.74 Å². The number of carbonyl (C=O) groups excluding carboxylic acids is 1. The average molecular weight is 202 g/mol. The first-order valence-corrected chi connectivity index (χ1v) is 4.47. The van der Waals surface area contributed by atoms with Crippen LogP contribution in [0, 0.1) is 0 Å². The molecule has 1 heterocycles. The van der Waals surface area contributed by atoms with Crippen LogP contribution in [0.3, 0.4) is 0 Å². The molecule has 0 unspecified atom stereocenters. The maximum Gasteiger partial charge on any atom is 0.170 e. The van der Waals surface area contributed by atoms with Crippen LogP contribution in [0.5, 0.6) is 5.75 Å². The molecular formula is C11H10N2O2. The number of para-hydroxylation sites is 2. The second-order valence-corrected chi connectivity index (χ2v) is 3.00. The molecule has 1 aromatic carbocycles. The van der Waals surface area contributed by atoms with E-state index in [0.29, 0.717) is 12.0 Å². The van der Waals surface area contributed by atoms with Crippen molar-refractivity contribution >= 4 is 6.29 Å². The van der Waals surface area contributed by atoms with E-state index in [1.807, 2.05) is 24.3 Å². The highest BCUT2D eigenvalue weighted by Crippen LogP contribution is 2.21. The van der Waals surface area contributed by atoms with Gasteiger partial charge in [0.15, 0.2) is 6.29 Å². The molecule has 0 aliphatic rings. The van der Waals surface area contributed by atoms with Crippen molar-refractivity contribution in [3.05, 3.63) is 42.5 Å². The number of hydrogen-bond acceptors (Lipinski definition) is 3. The third-order valence-electron chi connectivity index (χ3n) is 2.09. The van der Waals surface area contributed by atoms with Gasteiger partial charge in [0.2, 0.25) is 0 Å². The predicted molar refractivity (Wildman–Crippen MR) is 55.5 cm³/mol. The van der Waals surface area contributed by atoms with Crippen molar-refractivity contribution in [2.75, 3.05) is 7.11 Å². The fourth-order valence-electron chi connectivity index (χ4n) is 1.37. The van der Waals surface area contributed by atoms with E-state index >= 15 is 0 Å². The summed E-state index contributed by atoms with van der Waals surface area (Å²) in [5, 5.41) is 0. The first-order chi connectivity index (χ1) is 7.35. The number of nitrogens with zero attached hydrogens (tertiary/aromatic N) is 2. The number of ether oxygens (including phenoxy) is 1. The fraction of sp³-hybridized carbons (Fsp3) is 0.0909. The van der Waals surface area contributed by atoms with Gasteiger partial charge in [0.1, 0.15) is 17.8 Å². The van der Waals surface area contributed by atoms with Gasteiger partial charge in [-0.3, -0.25) is 4.79 Å². The molecule has 2 aromatic rings. The van der Waals surface area contributed by atoms with E-state index in [1.165, 1.54) is 0 Å². The zero-order valence-electron chi connectivity index (χ0n) is 8.25. The third kappa shape index (κ3) is 1.74. The van der Waals surface area contributed by atoms with Gasteiger partial charge < -0.3 is 9.30 Å². The van der Waals surface area contributed by atoms with Crippen molar-refractivity contribution in [3.63, 3.8) is 0 Å². The van der Waals surface area contributed by atoms with Crippen LogP contribution in [-0.4, -0.2) is 22.9 Å². The van der Waals surface area contributed by atoms with Crippen molar-refractivity contribution < 1.29 is 9.53 Å². The van der Waals surface area contributed by atoms with Crippen LogP contribution in [0.1, 0.15) is 10.5 Å². The molecular weight excluding hydrogens is 192 g/mol. The summed E-state index contributed by atoms with van der Waals surface area (Å²) in [5.74, 6) is 0.743. The van der Waals surface area contributed by atoms with Crippen LogP contribution in [0.15, 0.2) is 36.8 Å². The molecule has 1 aromatic heterocycles. The smallest absolute Gasteiger partial charge is 0.170 e. The third-order valence-corrected chi connectivity index (χ3v) is 2.09. The van der Waals surface area contributed by atoms with Gasteiger partial charge in [-0.25, -0.2) is 4.98 Å². The highest BCUT2D eigenvalue weighted by molar-refractivity contribution is 5.71. The molecule has 0 aliphatic heterocycles. The highest BCUT2D eigenvalue weighted by atomic mass is 16.5. The summed E-state index contributed by atoms with van der Waals surface area (Å²) in [4.78, 5) is 14.4. The zero-order valence-corrected chi connectivity index (χ0v) is 8.25. The Kier molecular flexibility index (Phi) is 2.49. The van der Waals surface area contributed by atoms with Crippen LogP contribution >= 0.6 is 0 Å². The lowest BCUT2D eigenvalue weighted by Crippen LogP contribution is -1.94. The molecule has 0 aliphatic carbocycles. The Morgan fingerprint density at radius 2 is 2.20 bits per heavy atom. The molecule has 0 spiro atoms. The van der Waals surface area contributed by atoms with Crippen LogP contribution in [0.2, 0.25) is 0 Å². The van der Waals surface area contributed by atoms with E-state index in [4.69, 9.17) is 4.74 Å². The standard InChI is InChI=1S/C11H10N2O2/c1-15-11-5-3-2-4-10(11)13-6-9(7-14)12-8-13/h2-8H,1H3. The maximum absolute atomic E-state index is 10.5. The number of aldehydes is 1. The van der Waals surface area contributed by atoms with Gasteiger partial charge in [-0.15, -0.1) is 0 Å². The number of carbonyl (C=O) groups is 1. The molecule has 0 atom stereocenters. The Morgan fingerprint density at radius 1 is 1.40 bits per heavy atom. The Labute approximate surface area is 87.1 Å². The summed E-state index contributed by atoms with van der Waals surface area (Å²) >= 11 is 0. The Bertz CT molecular complexity index is 477. The monoisotopic (exact) mass is 202 g/mol. The molecule has 0 saturated heterocycles. The summed E-state index contributed by atoms with van der Waals surface area (Å²) in [6, 6.07) is 7.54. The van der Waals surface area contributed by atoms with Gasteiger partial charge in [0.05, 0.1) is 12.8 Å². The summed E-state index contributed by atoms with van der Waals surface area (Å²) in [7, 11) is 1.61. The summed E-state index contributed by atoms with van der Waals surface area (Å²) in [5.41, 5.74) is 1.27. The first kappa shape index (κ1) is 9.45. The quantitative estimate of drug-likeness (QED) is 0.711. The van der Waals surface area contributed by atoms with Gasteiger partial charge in [-0.2, -0.15) is 0 Å². The average Bonchev–Trinajstić information content (AvgIpc) is 2.77. The van der Waals surface area contributed by atoms with E-state index in [0.717, 1.165) is 11.4 Å². The van der Waals surface area contributed by atoms with Crippen molar-refractivity contribution in [1.82, 2.24) is 9.55 Å². The predicted octanol–water partition coefficient (Wildman–Crippen LogP) is 1.69. The lowest BCUT2D eigenvalue weighted by atomic mass is 10.3. The Hall–Kier alpha value is -2.10. The van der Waals surface area contributed by atoms with Gasteiger partial charge in [-0.05, 0) is 12.1 Å². The number of benzene rings is 1. The number of imidazole rings is 1. The maximum atomic E-state index is 10.5. The second kappa shape index (κ2) is 3.96. The number of hydrogen-bond donors (Lipinski definition) is 0. The SMILES string of the molecule is COc1ccccc1-n1cnc(C=O)c1. The summed E-state index contributed by atoms with van der Waals surface area (Å²) < 4.78 is 6.96.